The zero-order valence-electron chi connectivity index (χ0n) is 6.85. The predicted molar refractivity (Wildman–Crippen MR) is 47.7 cm³/mol. The summed E-state index contributed by atoms with van der Waals surface area (Å²) in [6.45, 7) is 5.35. The van der Waals surface area contributed by atoms with Gasteiger partial charge in [-0.05, 0) is 18.6 Å². The number of amidine groups is 1. The summed E-state index contributed by atoms with van der Waals surface area (Å²) >= 11 is 0. The lowest BCUT2D eigenvalue weighted by Crippen LogP contribution is -2.09. The molecule has 0 bridgehead atoms. The number of hydrogen-bond donors (Lipinski definition) is 3. The Morgan fingerprint density at radius 1 is 1.58 bits per heavy atom. The summed E-state index contributed by atoms with van der Waals surface area (Å²) in [5, 5.41) is 7.10. The van der Waals surface area contributed by atoms with Crippen LogP contribution in [0, 0.1) is 12.3 Å². The van der Waals surface area contributed by atoms with Crippen LogP contribution in [-0.4, -0.2) is 5.84 Å². The van der Waals surface area contributed by atoms with Gasteiger partial charge in [0.25, 0.3) is 0 Å². The van der Waals surface area contributed by atoms with Gasteiger partial charge in [-0.3, -0.25) is 5.41 Å². The van der Waals surface area contributed by atoms with E-state index in [9.17, 15) is 0 Å². The molecule has 0 saturated heterocycles. The minimum absolute atomic E-state index is 0.106. The lowest BCUT2D eigenvalue weighted by molar-refractivity contribution is 0.540. The Morgan fingerprint density at radius 3 is 2.42 bits per heavy atom. The highest BCUT2D eigenvalue weighted by Gasteiger charge is 2.09. The van der Waals surface area contributed by atoms with Crippen LogP contribution in [0.2, 0.25) is 0 Å². The quantitative estimate of drug-likeness (QED) is 0.447. The third-order valence-corrected chi connectivity index (χ3v) is 1.47. The molecular formula is C8H11N3O. The fourth-order valence-electron chi connectivity index (χ4n) is 0.934. The molecule has 1 rings (SSSR count). The van der Waals surface area contributed by atoms with Crippen LogP contribution >= 0.6 is 0 Å². The second-order valence-electron chi connectivity index (χ2n) is 2.56. The maximum absolute atomic E-state index is 7.10. The Balaban J connectivity index is 3.17. The van der Waals surface area contributed by atoms with Crippen molar-refractivity contribution in [1.29, 1.82) is 5.41 Å². The van der Waals surface area contributed by atoms with Gasteiger partial charge in [-0.1, -0.05) is 6.58 Å². The monoisotopic (exact) mass is 165 g/mol. The molecule has 1 aromatic rings. The molecule has 0 atom stereocenters. The molecule has 4 nitrogen and oxygen atoms in total. The van der Waals surface area contributed by atoms with E-state index in [1.165, 1.54) is 0 Å². The van der Waals surface area contributed by atoms with E-state index in [-0.39, 0.29) is 5.84 Å². The Hall–Kier alpha value is -1.71. The molecule has 12 heavy (non-hydrogen) atoms. The smallest absolute Gasteiger partial charge is 0.169 e. The summed E-state index contributed by atoms with van der Waals surface area (Å²) in [6, 6.07) is 1.66. The highest BCUT2D eigenvalue weighted by atomic mass is 16.3. The van der Waals surface area contributed by atoms with Gasteiger partial charge in [0.05, 0.1) is 5.70 Å². The molecule has 0 spiro atoms. The topological polar surface area (TPSA) is 89.0 Å². The summed E-state index contributed by atoms with van der Waals surface area (Å²) in [6.07, 6.45) is 0. The maximum Gasteiger partial charge on any atom is 0.169 e. The van der Waals surface area contributed by atoms with Crippen molar-refractivity contribution in [3.05, 3.63) is 29.7 Å². The van der Waals surface area contributed by atoms with Crippen molar-refractivity contribution in [3.8, 4) is 0 Å². The first kappa shape index (κ1) is 8.39. The van der Waals surface area contributed by atoms with Crippen LogP contribution in [0.4, 0.5) is 0 Å². The predicted octanol–water partition coefficient (Wildman–Crippen LogP) is 0.801. The van der Waals surface area contributed by atoms with E-state index >= 15 is 0 Å². The van der Waals surface area contributed by atoms with Gasteiger partial charge in [0, 0.05) is 0 Å². The van der Waals surface area contributed by atoms with Crippen LogP contribution < -0.4 is 11.5 Å². The maximum atomic E-state index is 7.10. The SMILES string of the molecule is C=C(N)c1oc(C(=N)N)cc1C. The van der Waals surface area contributed by atoms with Crippen molar-refractivity contribution in [1.82, 2.24) is 0 Å². The van der Waals surface area contributed by atoms with E-state index in [0.29, 0.717) is 17.2 Å². The summed E-state index contributed by atoms with van der Waals surface area (Å²) < 4.78 is 5.16. The van der Waals surface area contributed by atoms with Crippen molar-refractivity contribution in [2.75, 3.05) is 0 Å². The van der Waals surface area contributed by atoms with Gasteiger partial charge in [0.2, 0.25) is 0 Å². The number of aryl methyl sites for hydroxylation is 1. The minimum atomic E-state index is -0.106. The molecule has 64 valence electrons. The molecule has 0 fully saturated rings. The van der Waals surface area contributed by atoms with Crippen LogP contribution in [0.3, 0.4) is 0 Å². The molecule has 0 aliphatic rings. The molecule has 4 heteroatoms. The number of rotatable bonds is 2. The van der Waals surface area contributed by atoms with E-state index in [4.69, 9.17) is 21.3 Å². The van der Waals surface area contributed by atoms with Crippen LogP contribution in [0.15, 0.2) is 17.1 Å². The molecule has 0 aromatic carbocycles. The molecule has 0 saturated carbocycles. The van der Waals surface area contributed by atoms with Crippen molar-refractivity contribution < 1.29 is 4.42 Å². The van der Waals surface area contributed by atoms with Crippen LogP contribution in [0.25, 0.3) is 5.70 Å². The van der Waals surface area contributed by atoms with Crippen molar-refractivity contribution >= 4 is 11.5 Å². The molecule has 1 heterocycles. The third-order valence-electron chi connectivity index (χ3n) is 1.47. The summed E-state index contributed by atoms with van der Waals surface area (Å²) in [7, 11) is 0. The normalized spacial score (nSPS) is 9.75. The second-order valence-corrected chi connectivity index (χ2v) is 2.56. The zero-order chi connectivity index (χ0) is 9.30. The Kier molecular flexibility index (Phi) is 1.91. The van der Waals surface area contributed by atoms with E-state index in [2.05, 4.69) is 6.58 Å². The largest absolute Gasteiger partial charge is 0.451 e. The minimum Gasteiger partial charge on any atom is -0.451 e. The Bertz CT molecular complexity index is 338. The molecular weight excluding hydrogens is 154 g/mol. The first-order chi connectivity index (χ1) is 5.52. The standard InChI is InChI=1S/C8H11N3O/c1-4-3-6(8(10)11)12-7(4)5(2)9/h3H,2,9H2,1H3,(H3,10,11). The van der Waals surface area contributed by atoms with E-state index < -0.39 is 0 Å². The molecule has 0 aliphatic carbocycles. The fraction of sp³-hybridized carbons (Fsp3) is 0.125. The van der Waals surface area contributed by atoms with Crippen LogP contribution in [0.5, 0.6) is 0 Å². The molecule has 5 N–H and O–H groups in total. The summed E-state index contributed by atoms with van der Waals surface area (Å²) in [5.74, 6) is 0.722. The third kappa shape index (κ3) is 1.32. The number of nitrogens with one attached hydrogen (secondary N) is 1. The van der Waals surface area contributed by atoms with Gasteiger partial charge in [-0.15, -0.1) is 0 Å². The molecule has 0 amide bonds. The zero-order valence-corrected chi connectivity index (χ0v) is 6.85. The van der Waals surface area contributed by atoms with Crippen LogP contribution in [0.1, 0.15) is 17.1 Å². The van der Waals surface area contributed by atoms with E-state index in [1.54, 1.807) is 6.07 Å². The average Bonchev–Trinajstić information content (AvgIpc) is 2.30. The van der Waals surface area contributed by atoms with Gasteiger partial charge >= 0.3 is 0 Å². The lowest BCUT2D eigenvalue weighted by Gasteiger charge is -1.94. The lowest BCUT2D eigenvalue weighted by atomic mass is 10.2. The first-order valence-electron chi connectivity index (χ1n) is 3.42. The van der Waals surface area contributed by atoms with Crippen molar-refractivity contribution in [3.63, 3.8) is 0 Å². The van der Waals surface area contributed by atoms with Gasteiger partial charge in [0.15, 0.2) is 17.4 Å². The van der Waals surface area contributed by atoms with Gasteiger partial charge in [-0.25, -0.2) is 0 Å². The molecule has 1 aromatic heterocycles. The number of hydrogen-bond acceptors (Lipinski definition) is 3. The Labute approximate surface area is 70.4 Å². The molecule has 0 unspecified atom stereocenters. The van der Waals surface area contributed by atoms with E-state index in [1.807, 2.05) is 6.92 Å². The highest BCUT2D eigenvalue weighted by molar-refractivity contribution is 5.92. The number of nitrogen functional groups attached to an aromatic ring is 1. The second kappa shape index (κ2) is 2.73. The van der Waals surface area contributed by atoms with Gasteiger partial charge < -0.3 is 15.9 Å². The molecule has 0 aliphatic heterocycles. The fourth-order valence-corrected chi connectivity index (χ4v) is 0.934. The van der Waals surface area contributed by atoms with Crippen LogP contribution in [-0.2, 0) is 0 Å². The van der Waals surface area contributed by atoms with Crippen molar-refractivity contribution in [2.24, 2.45) is 11.5 Å². The van der Waals surface area contributed by atoms with Gasteiger partial charge in [-0.2, -0.15) is 0 Å². The van der Waals surface area contributed by atoms with Crippen molar-refractivity contribution in [2.45, 2.75) is 6.92 Å². The summed E-state index contributed by atoms with van der Waals surface area (Å²) in [5.41, 5.74) is 11.8. The van der Waals surface area contributed by atoms with E-state index in [0.717, 1.165) is 5.56 Å². The highest BCUT2D eigenvalue weighted by Crippen LogP contribution is 2.17. The van der Waals surface area contributed by atoms with Gasteiger partial charge in [0.1, 0.15) is 0 Å². The number of furan rings is 1. The summed E-state index contributed by atoms with van der Waals surface area (Å²) in [4.78, 5) is 0. The first-order valence-corrected chi connectivity index (χ1v) is 3.42. The Morgan fingerprint density at radius 2 is 2.17 bits per heavy atom. The average molecular weight is 165 g/mol. The number of nitrogens with two attached hydrogens (primary N) is 2. The molecule has 0 radical (unpaired) electrons.